The number of rotatable bonds is 9. The fourth-order valence-electron chi connectivity index (χ4n) is 2.35. The molecule has 1 heterocycles. The standard InChI is InChI=1S/C19H25F3N4OS.HI/c1-14(11-27-12-15-6-4-3-5-7-15)10-25-18(23-2)24-9-8-17-26-16(13-28-17)19(20,21)22;/h3-7,13-14H,8-12H2,1-2H3,(H2,23,24,25);1H. The van der Waals surface area contributed by atoms with Crippen LogP contribution in [-0.2, 0) is 23.9 Å². The largest absolute Gasteiger partial charge is 0.434 e. The highest BCUT2D eigenvalue weighted by Crippen LogP contribution is 2.29. The molecule has 0 spiro atoms. The summed E-state index contributed by atoms with van der Waals surface area (Å²) < 4.78 is 43.4. The molecular formula is C19H26F3IN4OS. The predicted octanol–water partition coefficient (Wildman–Crippen LogP) is 4.34. The van der Waals surface area contributed by atoms with Gasteiger partial charge in [0.05, 0.1) is 18.2 Å². The number of nitrogens with zero attached hydrogens (tertiary/aromatic N) is 2. The SMILES string of the molecule is CN=C(NCCc1nc(C(F)(F)F)cs1)NCC(C)COCc1ccccc1.I. The van der Waals surface area contributed by atoms with Crippen LogP contribution >= 0.6 is 35.3 Å². The molecule has 1 atom stereocenters. The number of aromatic nitrogens is 1. The number of ether oxygens (including phenoxy) is 1. The summed E-state index contributed by atoms with van der Waals surface area (Å²) in [6, 6.07) is 9.98. The number of guanidine groups is 1. The second-order valence-electron chi connectivity index (χ2n) is 6.36. The van der Waals surface area contributed by atoms with Crippen LogP contribution in [0.2, 0.25) is 0 Å². The van der Waals surface area contributed by atoms with Crippen molar-refractivity contribution in [1.29, 1.82) is 0 Å². The molecule has 1 aromatic heterocycles. The van der Waals surface area contributed by atoms with E-state index >= 15 is 0 Å². The van der Waals surface area contributed by atoms with Gasteiger partial charge in [-0.2, -0.15) is 13.2 Å². The Labute approximate surface area is 190 Å². The minimum absolute atomic E-state index is 0. The maximum atomic E-state index is 12.6. The van der Waals surface area contributed by atoms with Crippen LogP contribution in [0.1, 0.15) is 23.2 Å². The molecule has 1 aromatic carbocycles. The van der Waals surface area contributed by atoms with Gasteiger partial charge in [0.2, 0.25) is 0 Å². The molecule has 1 unspecified atom stereocenters. The van der Waals surface area contributed by atoms with E-state index in [1.54, 1.807) is 7.05 Å². The number of benzene rings is 1. The molecule has 5 nitrogen and oxygen atoms in total. The average Bonchev–Trinajstić information content (AvgIpc) is 3.15. The Morgan fingerprint density at radius 1 is 1.24 bits per heavy atom. The van der Waals surface area contributed by atoms with Gasteiger partial charge in [-0.15, -0.1) is 35.3 Å². The second kappa shape index (κ2) is 13.0. The lowest BCUT2D eigenvalue weighted by molar-refractivity contribution is -0.140. The Kier molecular flexibility index (Phi) is 11.5. The Morgan fingerprint density at radius 2 is 1.97 bits per heavy atom. The van der Waals surface area contributed by atoms with Gasteiger partial charge in [0.1, 0.15) is 0 Å². The maximum Gasteiger partial charge on any atom is 0.434 e. The number of hydrogen-bond acceptors (Lipinski definition) is 4. The molecule has 162 valence electrons. The lowest BCUT2D eigenvalue weighted by atomic mass is 10.2. The number of thiazole rings is 1. The van der Waals surface area contributed by atoms with Crippen molar-refractivity contribution in [3.05, 3.63) is 52.0 Å². The monoisotopic (exact) mass is 542 g/mol. The summed E-state index contributed by atoms with van der Waals surface area (Å²) in [7, 11) is 1.65. The van der Waals surface area contributed by atoms with Crippen molar-refractivity contribution in [2.24, 2.45) is 10.9 Å². The third-order valence-corrected chi connectivity index (χ3v) is 4.74. The van der Waals surface area contributed by atoms with Crippen LogP contribution in [0.4, 0.5) is 13.2 Å². The summed E-state index contributed by atoms with van der Waals surface area (Å²) in [5.74, 6) is 0.873. The first-order valence-corrected chi connectivity index (χ1v) is 9.84. The van der Waals surface area contributed by atoms with E-state index in [1.165, 1.54) is 0 Å². The summed E-state index contributed by atoms with van der Waals surface area (Å²) in [5, 5.41) is 7.77. The van der Waals surface area contributed by atoms with E-state index in [9.17, 15) is 13.2 Å². The molecule has 10 heteroatoms. The highest BCUT2D eigenvalue weighted by Gasteiger charge is 2.33. The molecule has 2 aromatic rings. The maximum absolute atomic E-state index is 12.6. The lowest BCUT2D eigenvalue weighted by Gasteiger charge is -2.16. The van der Waals surface area contributed by atoms with E-state index < -0.39 is 11.9 Å². The van der Waals surface area contributed by atoms with Gasteiger partial charge in [0, 0.05) is 31.9 Å². The van der Waals surface area contributed by atoms with Crippen LogP contribution in [0.3, 0.4) is 0 Å². The summed E-state index contributed by atoms with van der Waals surface area (Å²) >= 11 is 1.01. The van der Waals surface area contributed by atoms with E-state index in [0.717, 1.165) is 22.3 Å². The zero-order valence-electron chi connectivity index (χ0n) is 16.3. The van der Waals surface area contributed by atoms with Crippen molar-refractivity contribution in [3.8, 4) is 0 Å². The Bertz CT molecular complexity index is 741. The fourth-order valence-corrected chi connectivity index (χ4v) is 3.15. The minimum atomic E-state index is -4.39. The van der Waals surface area contributed by atoms with Crippen LogP contribution in [0.5, 0.6) is 0 Å². The van der Waals surface area contributed by atoms with Crippen molar-refractivity contribution < 1.29 is 17.9 Å². The molecule has 0 amide bonds. The minimum Gasteiger partial charge on any atom is -0.376 e. The van der Waals surface area contributed by atoms with E-state index in [1.807, 2.05) is 30.3 Å². The third kappa shape index (κ3) is 9.77. The molecule has 29 heavy (non-hydrogen) atoms. The van der Waals surface area contributed by atoms with Gasteiger partial charge in [0.25, 0.3) is 0 Å². The molecule has 0 saturated heterocycles. The summed E-state index contributed by atoms with van der Waals surface area (Å²) in [6.07, 6.45) is -3.99. The smallest absolute Gasteiger partial charge is 0.376 e. The van der Waals surface area contributed by atoms with Gasteiger partial charge in [-0.25, -0.2) is 4.98 Å². The van der Waals surface area contributed by atoms with Crippen molar-refractivity contribution >= 4 is 41.3 Å². The topological polar surface area (TPSA) is 58.5 Å². The number of hydrogen-bond donors (Lipinski definition) is 2. The van der Waals surface area contributed by atoms with Gasteiger partial charge < -0.3 is 15.4 Å². The zero-order valence-corrected chi connectivity index (χ0v) is 19.5. The highest BCUT2D eigenvalue weighted by atomic mass is 127. The Morgan fingerprint density at radius 3 is 2.59 bits per heavy atom. The molecule has 0 aliphatic rings. The van der Waals surface area contributed by atoms with Crippen molar-refractivity contribution in [3.63, 3.8) is 0 Å². The first kappa shape index (κ1) is 25.6. The number of alkyl halides is 3. The molecule has 0 aliphatic carbocycles. The van der Waals surface area contributed by atoms with E-state index in [2.05, 4.69) is 27.5 Å². The number of nitrogens with one attached hydrogen (secondary N) is 2. The molecule has 0 aliphatic heterocycles. The van der Waals surface area contributed by atoms with E-state index in [4.69, 9.17) is 4.74 Å². The normalized spacial score (nSPS) is 12.9. The fraction of sp³-hybridized carbons (Fsp3) is 0.474. The summed E-state index contributed by atoms with van der Waals surface area (Å²) in [5.41, 5.74) is 0.301. The molecule has 2 N–H and O–H groups in total. The van der Waals surface area contributed by atoms with Gasteiger partial charge in [-0.1, -0.05) is 37.3 Å². The molecule has 0 bridgehead atoms. The van der Waals surface area contributed by atoms with Crippen LogP contribution in [-0.4, -0.2) is 37.7 Å². The molecule has 0 saturated carbocycles. The number of aliphatic imine (C=N–C) groups is 1. The highest BCUT2D eigenvalue weighted by molar-refractivity contribution is 14.0. The third-order valence-electron chi connectivity index (χ3n) is 3.83. The second-order valence-corrected chi connectivity index (χ2v) is 7.30. The van der Waals surface area contributed by atoms with Gasteiger partial charge in [-0.3, -0.25) is 4.99 Å². The summed E-state index contributed by atoms with van der Waals surface area (Å²) in [4.78, 5) is 7.73. The van der Waals surface area contributed by atoms with Crippen molar-refractivity contribution in [2.45, 2.75) is 26.1 Å². The van der Waals surface area contributed by atoms with Gasteiger partial charge in [-0.05, 0) is 11.5 Å². The average molecular weight is 542 g/mol. The molecular weight excluding hydrogens is 516 g/mol. The van der Waals surface area contributed by atoms with Crippen LogP contribution < -0.4 is 10.6 Å². The van der Waals surface area contributed by atoms with Crippen molar-refractivity contribution in [1.82, 2.24) is 15.6 Å². The first-order valence-electron chi connectivity index (χ1n) is 8.96. The number of halogens is 4. The van der Waals surface area contributed by atoms with Crippen molar-refractivity contribution in [2.75, 3.05) is 26.7 Å². The Hall–Kier alpha value is -1.40. The Balaban J connectivity index is 0.00000420. The zero-order chi connectivity index (χ0) is 20.4. The van der Waals surface area contributed by atoms with Gasteiger partial charge >= 0.3 is 6.18 Å². The molecule has 0 radical (unpaired) electrons. The first-order chi connectivity index (χ1) is 13.4. The van der Waals surface area contributed by atoms with Gasteiger partial charge in [0.15, 0.2) is 11.7 Å². The molecule has 0 fully saturated rings. The quantitative estimate of drug-likeness (QED) is 0.281. The van der Waals surface area contributed by atoms with Crippen LogP contribution in [0, 0.1) is 5.92 Å². The summed E-state index contributed by atoms with van der Waals surface area (Å²) in [6.45, 7) is 4.37. The van der Waals surface area contributed by atoms with Crippen LogP contribution in [0.25, 0.3) is 0 Å². The van der Waals surface area contributed by atoms with E-state index in [-0.39, 0.29) is 29.9 Å². The molecule has 2 rings (SSSR count). The predicted molar refractivity (Wildman–Crippen MR) is 121 cm³/mol. The van der Waals surface area contributed by atoms with E-state index in [0.29, 0.717) is 43.7 Å². The lowest BCUT2D eigenvalue weighted by Crippen LogP contribution is -2.40. The van der Waals surface area contributed by atoms with Crippen LogP contribution in [0.15, 0.2) is 40.7 Å².